The van der Waals surface area contributed by atoms with Gasteiger partial charge in [-0.15, -0.1) is 26.3 Å². The zero-order valence-corrected chi connectivity index (χ0v) is 36.4. The number of rotatable bonds is 15. The summed E-state index contributed by atoms with van der Waals surface area (Å²) in [5.74, 6) is -0.385. The van der Waals surface area contributed by atoms with Gasteiger partial charge in [-0.05, 0) is 99.5 Å². The Bertz CT molecular complexity index is 2390. The molecule has 4 aromatic carbocycles. The van der Waals surface area contributed by atoms with Gasteiger partial charge >= 0.3 is 31.6 Å². The molecule has 0 aliphatic rings. The van der Waals surface area contributed by atoms with Crippen molar-refractivity contribution in [3.8, 4) is 11.5 Å². The summed E-state index contributed by atoms with van der Waals surface area (Å²) < 4.78 is 79.2. The number of fused-ring (bicyclic) bond motifs is 2. The number of alkyl halides is 6. The van der Waals surface area contributed by atoms with Gasteiger partial charge in [-0.25, -0.2) is 0 Å². The first-order valence-corrected chi connectivity index (χ1v) is 19.2. The SMILES string of the molecule is CN(C)CCN(C)c1n[nH]c2cc(C(=O)NCc3ccc(OC(F)(F)F)cc3)ccc12.CN(C)CCN(C)c1n[nH]c2cc(C(=O)[O-])ccc12.NCc1ccc(OC(F)(F)F)cc1.[Li+]. The summed E-state index contributed by atoms with van der Waals surface area (Å²) >= 11 is 0. The maximum Gasteiger partial charge on any atom is 1.00 e. The molecule has 0 aliphatic carbocycles. The van der Waals surface area contributed by atoms with E-state index in [2.05, 4.69) is 45.0 Å². The van der Waals surface area contributed by atoms with Crippen LogP contribution in [0.4, 0.5) is 38.0 Å². The number of hydrogen-bond acceptors (Lipinski definition) is 12. The van der Waals surface area contributed by atoms with Crippen molar-refractivity contribution < 1.29 is 69.4 Å². The van der Waals surface area contributed by atoms with Gasteiger partial charge in [-0.3, -0.25) is 15.0 Å². The molecule has 0 unspecified atom stereocenters. The van der Waals surface area contributed by atoms with Crippen LogP contribution in [0.15, 0.2) is 84.9 Å². The fourth-order valence-corrected chi connectivity index (χ4v) is 5.69. The largest absolute Gasteiger partial charge is 1.00 e. The van der Waals surface area contributed by atoms with E-state index < -0.39 is 18.7 Å². The third-order valence-corrected chi connectivity index (χ3v) is 9.07. The molecular formula is C42H49F6LiN10O5. The standard InChI is InChI=1S/C21H24F3N5O2.C13H18N4O2.C8H8F3NO.Li/c1-28(2)10-11-29(3)19-17-9-6-15(12-18(17)26-27-19)20(30)25-13-14-4-7-16(8-5-14)31-21(22,23)24;1-16(2)6-7-17(3)12-10-5-4-9(13(18)19)8-11(10)14-15-12;9-8(10,11)13-7-3-1-6(5-12)2-4-7;/h4-9,12H,10-11,13H2,1-3H3,(H,25,30)(H,26,27);4-5,8H,6-7H2,1-3H3,(H,14,15)(H,18,19);1-4H,5,12H2;/q;;;+1/p-1. The number of carboxylic acids is 1. The molecule has 22 heteroatoms. The van der Waals surface area contributed by atoms with E-state index in [1.54, 1.807) is 24.3 Å². The predicted molar refractivity (Wildman–Crippen MR) is 225 cm³/mol. The number of carbonyl (C=O) groups excluding carboxylic acids is 2. The van der Waals surface area contributed by atoms with Gasteiger partial charge in [-0.1, -0.05) is 30.3 Å². The minimum Gasteiger partial charge on any atom is -0.545 e. The van der Waals surface area contributed by atoms with Crippen LogP contribution in [0.25, 0.3) is 21.8 Å². The van der Waals surface area contributed by atoms with Crippen molar-refractivity contribution in [3.05, 3.63) is 107 Å². The molecule has 6 rings (SSSR count). The van der Waals surface area contributed by atoms with Crippen molar-refractivity contribution in [2.45, 2.75) is 25.8 Å². The average Bonchev–Trinajstić information content (AvgIpc) is 3.85. The molecule has 5 N–H and O–H groups in total. The summed E-state index contributed by atoms with van der Waals surface area (Å²) in [5, 5.41) is 29.8. The van der Waals surface area contributed by atoms with E-state index in [-0.39, 0.29) is 48.4 Å². The number of H-pyrrole nitrogens is 2. The van der Waals surface area contributed by atoms with Crippen LogP contribution in [0.2, 0.25) is 0 Å². The number of aromatic nitrogens is 4. The Hall–Kier alpha value is -5.98. The van der Waals surface area contributed by atoms with Gasteiger partial charge in [0.25, 0.3) is 5.91 Å². The summed E-state index contributed by atoms with van der Waals surface area (Å²) in [6.45, 7) is 3.92. The number of benzene rings is 4. The van der Waals surface area contributed by atoms with Gasteiger partial charge in [0.15, 0.2) is 11.6 Å². The van der Waals surface area contributed by atoms with Crippen LogP contribution >= 0.6 is 0 Å². The molecule has 15 nitrogen and oxygen atoms in total. The van der Waals surface area contributed by atoms with Crippen molar-refractivity contribution in [1.29, 1.82) is 0 Å². The molecular weight excluding hydrogens is 845 g/mol. The molecule has 2 heterocycles. The second-order valence-corrected chi connectivity index (χ2v) is 14.6. The Morgan fingerprint density at radius 1 is 0.641 bits per heavy atom. The Labute approximate surface area is 377 Å². The Kier molecular flexibility index (Phi) is 19.3. The molecule has 0 aliphatic heterocycles. The Morgan fingerprint density at radius 2 is 1.05 bits per heavy atom. The molecule has 2 aromatic heterocycles. The number of nitrogens with two attached hydrogens (primary N) is 1. The Morgan fingerprint density at radius 3 is 1.44 bits per heavy atom. The van der Waals surface area contributed by atoms with Crippen LogP contribution in [0, 0.1) is 0 Å². The summed E-state index contributed by atoms with van der Waals surface area (Å²) in [6, 6.07) is 20.9. The van der Waals surface area contributed by atoms with Crippen molar-refractivity contribution in [3.63, 3.8) is 0 Å². The number of nitrogens with one attached hydrogen (secondary N) is 3. The van der Waals surface area contributed by atoms with E-state index in [1.807, 2.05) is 58.2 Å². The minimum atomic E-state index is -4.73. The van der Waals surface area contributed by atoms with Crippen LogP contribution in [-0.2, 0) is 13.1 Å². The molecule has 0 atom stereocenters. The number of halogens is 6. The minimum absolute atomic E-state index is 0. The fourth-order valence-electron chi connectivity index (χ4n) is 5.69. The number of carboxylic acid groups (broad SMARTS) is 1. The zero-order valence-electron chi connectivity index (χ0n) is 36.4. The van der Waals surface area contributed by atoms with E-state index >= 15 is 0 Å². The number of amides is 1. The molecule has 64 heavy (non-hydrogen) atoms. The van der Waals surface area contributed by atoms with E-state index in [1.165, 1.54) is 54.6 Å². The first-order chi connectivity index (χ1) is 29.6. The van der Waals surface area contributed by atoms with Crippen molar-refractivity contribution in [2.75, 3.05) is 78.3 Å². The molecule has 6 aromatic rings. The van der Waals surface area contributed by atoms with Crippen LogP contribution in [0.5, 0.6) is 11.5 Å². The van der Waals surface area contributed by atoms with Gasteiger partial charge in [-0.2, -0.15) is 10.2 Å². The predicted octanol–water partition coefficient (Wildman–Crippen LogP) is 2.36. The van der Waals surface area contributed by atoms with Crippen molar-refractivity contribution >= 4 is 45.3 Å². The Balaban J connectivity index is 0.000000280. The fraction of sp³-hybridized carbons (Fsp3) is 0.333. The van der Waals surface area contributed by atoms with Crippen LogP contribution < -0.4 is 54.3 Å². The van der Waals surface area contributed by atoms with Gasteiger partial charge in [0.1, 0.15) is 11.5 Å². The molecule has 1 amide bonds. The molecule has 0 bridgehead atoms. The van der Waals surface area contributed by atoms with Crippen LogP contribution in [-0.4, -0.2) is 123 Å². The van der Waals surface area contributed by atoms with Gasteiger partial charge in [0.2, 0.25) is 0 Å². The van der Waals surface area contributed by atoms with Gasteiger partial charge in [0.05, 0.1) is 17.0 Å². The first kappa shape index (κ1) is 52.4. The first-order valence-electron chi connectivity index (χ1n) is 19.2. The molecule has 340 valence electrons. The topological polar surface area (TPSA) is 184 Å². The summed E-state index contributed by atoms with van der Waals surface area (Å²) in [5.41, 5.74) is 8.72. The smallest absolute Gasteiger partial charge is 0.545 e. The number of likely N-dealkylation sites (N-methyl/N-ethyl adjacent to an activating group) is 4. The molecule has 0 radical (unpaired) electrons. The molecule has 0 saturated carbocycles. The number of aromatic amines is 2. The third-order valence-electron chi connectivity index (χ3n) is 9.07. The normalized spacial score (nSPS) is 11.3. The van der Waals surface area contributed by atoms with Gasteiger partial charge in [0, 0.05) is 69.7 Å². The maximum atomic E-state index is 12.5. The third kappa shape index (κ3) is 16.6. The summed E-state index contributed by atoms with van der Waals surface area (Å²) in [7, 11) is 12.0. The van der Waals surface area contributed by atoms with Gasteiger partial charge < -0.3 is 50.0 Å². The quantitative estimate of drug-likeness (QED) is 0.0874. The van der Waals surface area contributed by atoms with Crippen LogP contribution in [0.1, 0.15) is 31.8 Å². The maximum absolute atomic E-state index is 12.5. The van der Waals surface area contributed by atoms with Crippen LogP contribution in [0.3, 0.4) is 0 Å². The zero-order chi connectivity index (χ0) is 46.5. The second kappa shape index (κ2) is 23.6. The van der Waals surface area contributed by atoms with E-state index in [0.29, 0.717) is 23.2 Å². The monoisotopic (exact) mass is 894 g/mol. The van der Waals surface area contributed by atoms with E-state index in [4.69, 9.17) is 5.73 Å². The number of ether oxygens (including phenoxy) is 2. The second-order valence-electron chi connectivity index (χ2n) is 14.6. The van der Waals surface area contributed by atoms with E-state index in [9.17, 15) is 41.0 Å². The van der Waals surface area contributed by atoms with Crippen molar-refractivity contribution in [2.24, 2.45) is 5.73 Å². The van der Waals surface area contributed by atoms with Crippen molar-refractivity contribution in [1.82, 2.24) is 35.5 Å². The number of nitrogens with zero attached hydrogens (tertiary/aromatic N) is 6. The molecule has 0 saturated heterocycles. The molecule has 0 fully saturated rings. The molecule has 0 spiro atoms. The van der Waals surface area contributed by atoms with E-state index in [0.717, 1.165) is 59.7 Å². The number of hydrogen-bond donors (Lipinski definition) is 4. The number of anilines is 2. The summed E-state index contributed by atoms with van der Waals surface area (Å²) in [4.78, 5) is 31.6. The average molecular weight is 895 g/mol. The number of aromatic carboxylic acids is 1. The number of carbonyl (C=O) groups is 2. The summed E-state index contributed by atoms with van der Waals surface area (Å²) in [6.07, 6.45) is -9.37.